The first kappa shape index (κ1) is 38.7. The molecule has 0 bridgehead atoms. The maximum atomic E-state index is 14.6. The molecule has 284 valence electrons. The SMILES string of the molecule is Cc1c(C(NC(=O)N2CCN(CCCNC(=O)c3ccc(F)c(O)c3)C(=O)C2=O)C(=O)N[C@H]2Cc3ccc(F)c(C(=O)O)c3OB2O)cc(F)c(O)c1O. The lowest BCUT2D eigenvalue weighted by molar-refractivity contribution is -0.153. The molecule has 0 aliphatic carbocycles. The summed E-state index contributed by atoms with van der Waals surface area (Å²) >= 11 is 0. The molecule has 5 rings (SSSR count). The summed E-state index contributed by atoms with van der Waals surface area (Å²) in [5.74, 6) is -14.1. The standard InChI is InChI=1S/C33H31BF3N5O12/c1-14-17(13-20(37)26(45)25(14)44)24(29(47)39-22-12-15-3-6-19(36)23(32(50)51)27(15)54-34(22)53)40-33(52)42-10-9-41(30(48)31(42)49)8-2-7-38-28(46)16-4-5-18(35)21(43)11-16/h3-6,11,13,22,24,43-45,53H,2,7-10,12H2,1H3,(H,38,46)(H,39,47)(H,40,52)(H,50,51)/t22-,24?/m0/s1. The third-order valence-electron chi connectivity index (χ3n) is 8.77. The molecular weight excluding hydrogens is 726 g/mol. The fraction of sp³-hybridized carbons (Fsp3) is 0.273. The van der Waals surface area contributed by atoms with E-state index in [1.165, 1.54) is 6.92 Å². The number of nitrogens with one attached hydrogen (secondary N) is 3. The maximum absolute atomic E-state index is 14.6. The van der Waals surface area contributed by atoms with Crippen LogP contribution in [0, 0.1) is 24.4 Å². The normalized spacial score (nSPS) is 15.9. The van der Waals surface area contributed by atoms with Crippen LogP contribution in [0.25, 0.3) is 0 Å². The number of halogens is 3. The third kappa shape index (κ3) is 7.79. The van der Waals surface area contributed by atoms with Gasteiger partial charge in [0, 0.05) is 37.3 Å². The van der Waals surface area contributed by atoms with E-state index < -0.39 is 106 Å². The van der Waals surface area contributed by atoms with E-state index in [0.717, 1.165) is 35.2 Å². The summed E-state index contributed by atoms with van der Waals surface area (Å²) in [6.45, 7) is 0.587. The van der Waals surface area contributed by atoms with Gasteiger partial charge in [0.05, 0.1) is 5.94 Å². The largest absolute Gasteiger partial charge is 0.547 e. The van der Waals surface area contributed by atoms with Gasteiger partial charge in [-0.15, -0.1) is 0 Å². The summed E-state index contributed by atoms with van der Waals surface area (Å²) in [5, 5.41) is 56.8. The van der Waals surface area contributed by atoms with Crippen LogP contribution in [0.3, 0.4) is 0 Å². The van der Waals surface area contributed by atoms with Crippen LogP contribution in [0.5, 0.6) is 23.0 Å². The first-order valence-electron chi connectivity index (χ1n) is 16.1. The molecule has 2 heterocycles. The number of hydrogen-bond donors (Lipinski definition) is 8. The quantitative estimate of drug-likeness (QED) is 0.0613. The van der Waals surface area contributed by atoms with Gasteiger partial charge < -0.3 is 51.0 Å². The fourth-order valence-electron chi connectivity index (χ4n) is 5.86. The van der Waals surface area contributed by atoms with Crippen molar-refractivity contribution in [1.29, 1.82) is 0 Å². The molecule has 1 saturated heterocycles. The number of nitrogens with zero attached hydrogens (tertiary/aromatic N) is 2. The number of carbonyl (C=O) groups excluding carboxylic acids is 5. The van der Waals surface area contributed by atoms with E-state index in [9.17, 15) is 67.4 Å². The zero-order valence-corrected chi connectivity index (χ0v) is 28.1. The second-order valence-corrected chi connectivity index (χ2v) is 12.2. The Kier molecular flexibility index (Phi) is 11.2. The molecule has 1 fully saturated rings. The average Bonchev–Trinajstić information content (AvgIpc) is 3.12. The summed E-state index contributed by atoms with van der Waals surface area (Å²) in [7, 11) is -1.96. The lowest BCUT2D eigenvalue weighted by Gasteiger charge is -2.34. The van der Waals surface area contributed by atoms with Crippen molar-refractivity contribution in [2.45, 2.75) is 31.7 Å². The third-order valence-corrected chi connectivity index (χ3v) is 8.77. The molecule has 3 aromatic carbocycles. The molecule has 3 aromatic rings. The smallest absolute Gasteiger partial charge is 0.534 e. The van der Waals surface area contributed by atoms with Crippen molar-refractivity contribution < 1.29 is 72.0 Å². The lowest BCUT2D eigenvalue weighted by Crippen LogP contribution is -2.60. The second kappa shape index (κ2) is 15.6. The highest BCUT2D eigenvalue weighted by molar-refractivity contribution is 6.47. The molecule has 0 spiro atoms. The number of carboxylic acid groups (broad SMARTS) is 1. The van der Waals surface area contributed by atoms with Gasteiger partial charge in [-0.05, 0) is 61.2 Å². The van der Waals surface area contributed by atoms with Gasteiger partial charge in [-0.1, -0.05) is 6.07 Å². The van der Waals surface area contributed by atoms with Crippen LogP contribution in [0.15, 0.2) is 36.4 Å². The Labute approximate surface area is 303 Å². The number of fused-ring (bicyclic) bond motifs is 1. The van der Waals surface area contributed by atoms with Crippen molar-refractivity contribution in [1.82, 2.24) is 25.8 Å². The Morgan fingerprint density at radius 3 is 2.35 bits per heavy atom. The number of phenols is 3. The number of carboxylic acids is 1. The summed E-state index contributed by atoms with van der Waals surface area (Å²) in [6, 6.07) is 2.37. The highest BCUT2D eigenvalue weighted by atomic mass is 19.1. The zero-order chi connectivity index (χ0) is 39.6. The predicted molar refractivity (Wildman–Crippen MR) is 177 cm³/mol. The molecule has 21 heteroatoms. The van der Waals surface area contributed by atoms with E-state index in [-0.39, 0.29) is 55.7 Å². The van der Waals surface area contributed by atoms with Crippen LogP contribution in [0.1, 0.15) is 49.9 Å². The minimum Gasteiger partial charge on any atom is -0.534 e. The van der Waals surface area contributed by atoms with Crippen molar-refractivity contribution in [2.75, 3.05) is 26.2 Å². The predicted octanol–water partition coefficient (Wildman–Crippen LogP) is 0.609. The maximum Gasteiger partial charge on any atom is 0.547 e. The number of aromatic carboxylic acids is 1. The monoisotopic (exact) mass is 757 g/mol. The molecule has 0 saturated carbocycles. The summed E-state index contributed by atoms with van der Waals surface area (Å²) in [4.78, 5) is 78.6. The number of carbonyl (C=O) groups is 6. The van der Waals surface area contributed by atoms with E-state index in [2.05, 4.69) is 16.0 Å². The number of piperazine rings is 1. The number of hydrogen-bond acceptors (Lipinski definition) is 11. The Balaban J connectivity index is 1.27. The van der Waals surface area contributed by atoms with Crippen LogP contribution < -0.4 is 20.6 Å². The molecule has 2 atom stereocenters. The van der Waals surface area contributed by atoms with E-state index in [4.69, 9.17) is 4.65 Å². The summed E-state index contributed by atoms with van der Waals surface area (Å²) in [6.07, 6.45) is -0.165. The minimum atomic E-state index is -1.96. The number of aromatic hydroxyl groups is 3. The van der Waals surface area contributed by atoms with Crippen LogP contribution in [-0.4, -0.2) is 110 Å². The molecular formula is C33H31BF3N5O12. The van der Waals surface area contributed by atoms with Crippen molar-refractivity contribution in [2.24, 2.45) is 0 Å². The number of rotatable bonds is 10. The van der Waals surface area contributed by atoms with Gasteiger partial charge in [-0.25, -0.2) is 22.8 Å². The van der Waals surface area contributed by atoms with Crippen LogP contribution in [0.2, 0.25) is 0 Å². The molecule has 0 radical (unpaired) electrons. The Hall–Kier alpha value is -6.51. The van der Waals surface area contributed by atoms with Crippen LogP contribution in [-0.2, 0) is 20.8 Å². The van der Waals surface area contributed by atoms with Crippen molar-refractivity contribution in [3.63, 3.8) is 0 Å². The fourth-order valence-corrected chi connectivity index (χ4v) is 5.86. The molecule has 17 nitrogen and oxygen atoms in total. The summed E-state index contributed by atoms with van der Waals surface area (Å²) < 4.78 is 47.4. The molecule has 2 aliphatic heterocycles. The number of urea groups is 1. The minimum absolute atomic E-state index is 0.00917. The number of amides is 6. The van der Waals surface area contributed by atoms with Gasteiger partial charge >= 0.3 is 30.9 Å². The van der Waals surface area contributed by atoms with Gasteiger partial charge in [-0.2, -0.15) is 0 Å². The van der Waals surface area contributed by atoms with Gasteiger partial charge in [-0.3, -0.25) is 24.1 Å². The van der Waals surface area contributed by atoms with Crippen molar-refractivity contribution in [3.8, 4) is 23.0 Å². The van der Waals surface area contributed by atoms with Gasteiger partial charge in [0.15, 0.2) is 28.9 Å². The van der Waals surface area contributed by atoms with Gasteiger partial charge in [0.1, 0.15) is 23.2 Å². The molecule has 0 aromatic heterocycles. The zero-order valence-electron chi connectivity index (χ0n) is 28.1. The molecule has 1 unspecified atom stereocenters. The topological polar surface area (TPSA) is 255 Å². The molecule has 54 heavy (non-hydrogen) atoms. The van der Waals surface area contributed by atoms with Gasteiger partial charge in [0.2, 0.25) is 5.91 Å². The second-order valence-electron chi connectivity index (χ2n) is 12.2. The molecule has 8 N–H and O–H groups in total. The van der Waals surface area contributed by atoms with E-state index >= 15 is 0 Å². The first-order chi connectivity index (χ1) is 25.5. The Bertz CT molecular complexity index is 2070. The average molecular weight is 757 g/mol. The van der Waals surface area contributed by atoms with Crippen molar-refractivity contribution >= 4 is 42.7 Å². The Morgan fingerprint density at radius 1 is 0.963 bits per heavy atom. The number of benzene rings is 3. The van der Waals surface area contributed by atoms with Crippen LogP contribution in [0.4, 0.5) is 18.0 Å². The van der Waals surface area contributed by atoms with E-state index in [0.29, 0.717) is 11.0 Å². The molecule has 2 aliphatic rings. The highest BCUT2D eigenvalue weighted by Gasteiger charge is 2.42. The number of phenolic OH excluding ortho intramolecular Hbond substituents is 3. The lowest BCUT2D eigenvalue weighted by atomic mass is 9.72. The van der Waals surface area contributed by atoms with Gasteiger partial charge in [0.25, 0.3) is 5.91 Å². The van der Waals surface area contributed by atoms with Crippen LogP contribution >= 0.6 is 0 Å². The highest BCUT2D eigenvalue weighted by Crippen LogP contribution is 2.37. The van der Waals surface area contributed by atoms with E-state index in [1.54, 1.807) is 0 Å². The summed E-state index contributed by atoms with van der Waals surface area (Å²) in [5.41, 5.74) is -1.50. The Morgan fingerprint density at radius 2 is 1.67 bits per heavy atom. The van der Waals surface area contributed by atoms with Crippen molar-refractivity contribution in [3.05, 3.63) is 81.7 Å². The molecule has 6 amide bonds. The first-order valence-corrected chi connectivity index (χ1v) is 16.1. The number of imide groups is 1. The van der Waals surface area contributed by atoms with E-state index in [1.807, 2.05) is 0 Å².